The lowest BCUT2D eigenvalue weighted by Gasteiger charge is -2.11. The van der Waals surface area contributed by atoms with E-state index in [0.29, 0.717) is 0 Å². The number of rotatable bonds is 2. The minimum Gasteiger partial charge on any atom is -0.309 e. The maximum Gasteiger partial charge on any atom is 0.137 e. The molecule has 0 aliphatic heterocycles. The monoisotopic (exact) mass is 460 g/mol. The van der Waals surface area contributed by atoms with Crippen LogP contribution in [-0.4, -0.2) is 18.9 Å². The molecule has 0 spiro atoms. The van der Waals surface area contributed by atoms with Gasteiger partial charge in [0.1, 0.15) is 11.2 Å². The number of nitrogens with zero attached hydrogens (tertiary/aromatic N) is 4. The third kappa shape index (κ3) is 2.64. The van der Waals surface area contributed by atoms with E-state index < -0.39 is 0 Å². The molecule has 0 saturated carbocycles. The van der Waals surface area contributed by atoms with Crippen molar-refractivity contribution in [3.05, 3.63) is 121 Å². The summed E-state index contributed by atoms with van der Waals surface area (Å²) in [7, 11) is 0. The van der Waals surface area contributed by atoms with Crippen molar-refractivity contribution in [2.45, 2.75) is 0 Å². The first-order valence-electron chi connectivity index (χ1n) is 12.1. The standard InChI is InChI=1S/C32H20N4/c1-4-15-26-25(14-1)31-32(35-19-8-7-18-29(35)34-31)30(33-26)21-10-9-11-22(20-21)36-27-16-5-2-12-23(27)24-13-3-6-17-28(24)36/h1-20H. The molecule has 0 atom stereocenters. The SMILES string of the molecule is c1cc(-c2nc3ccccc3c3nc4ccccn4c23)cc(-n2c3ccccc3c3ccccc32)c1. The highest BCUT2D eigenvalue weighted by molar-refractivity contribution is 6.10. The van der Waals surface area contributed by atoms with Crippen molar-refractivity contribution in [1.29, 1.82) is 0 Å². The lowest BCUT2D eigenvalue weighted by atomic mass is 10.1. The molecule has 0 unspecified atom stereocenters. The Morgan fingerprint density at radius 2 is 1.25 bits per heavy atom. The highest BCUT2D eigenvalue weighted by Gasteiger charge is 2.17. The second-order valence-electron chi connectivity index (χ2n) is 9.14. The van der Waals surface area contributed by atoms with Crippen molar-refractivity contribution in [3.8, 4) is 16.9 Å². The zero-order valence-corrected chi connectivity index (χ0v) is 19.3. The molecule has 0 N–H and O–H groups in total. The first-order chi connectivity index (χ1) is 17.9. The Kier molecular flexibility index (Phi) is 3.91. The molecule has 8 rings (SSSR count). The van der Waals surface area contributed by atoms with Gasteiger partial charge in [-0.05, 0) is 42.5 Å². The maximum atomic E-state index is 5.17. The third-order valence-electron chi connectivity index (χ3n) is 7.10. The van der Waals surface area contributed by atoms with E-state index in [9.17, 15) is 0 Å². The molecule has 0 bridgehead atoms. The third-order valence-corrected chi connectivity index (χ3v) is 7.10. The second kappa shape index (κ2) is 7.27. The molecule has 0 radical (unpaired) electrons. The minimum absolute atomic E-state index is 0.922. The van der Waals surface area contributed by atoms with Gasteiger partial charge in [0.05, 0.1) is 27.8 Å². The topological polar surface area (TPSA) is 35.1 Å². The Labute approximate surface area is 206 Å². The summed E-state index contributed by atoms with van der Waals surface area (Å²) in [6.07, 6.45) is 2.07. The summed E-state index contributed by atoms with van der Waals surface area (Å²) < 4.78 is 4.50. The van der Waals surface area contributed by atoms with E-state index in [2.05, 4.69) is 106 Å². The minimum atomic E-state index is 0.922. The van der Waals surface area contributed by atoms with Gasteiger partial charge in [0.25, 0.3) is 0 Å². The summed E-state index contributed by atoms with van der Waals surface area (Å²) in [6, 6.07) is 40.3. The van der Waals surface area contributed by atoms with Crippen LogP contribution in [0.25, 0.3) is 66.3 Å². The second-order valence-corrected chi connectivity index (χ2v) is 9.14. The summed E-state index contributed by atoms with van der Waals surface area (Å²) >= 11 is 0. The fourth-order valence-electron chi connectivity index (χ4n) is 5.55. The maximum absolute atomic E-state index is 5.17. The Balaban J connectivity index is 1.46. The first kappa shape index (κ1) is 19.4. The van der Waals surface area contributed by atoms with Gasteiger partial charge in [0, 0.05) is 33.6 Å². The van der Waals surface area contributed by atoms with Crippen molar-refractivity contribution in [2.24, 2.45) is 0 Å². The molecule has 168 valence electrons. The molecule has 0 amide bonds. The number of imidazole rings is 1. The predicted molar refractivity (Wildman–Crippen MR) is 148 cm³/mol. The van der Waals surface area contributed by atoms with Gasteiger partial charge in [-0.1, -0.05) is 72.8 Å². The van der Waals surface area contributed by atoms with E-state index >= 15 is 0 Å². The van der Waals surface area contributed by atoms with E-state index in [1.807, 2.05) is 24.3 Å². The molecule has 4 heterocycles. The molecule has 4 heteroatoms. The smallest absolute Gasteiger partial charge is 0.137 e. The highest BCUT2D eigenvalue weighted by atomic mass is 15.0. The molecule has 0 aliphatic carbocycles. The zero-order valence-electron chi connectivity index (χ0n) is 19.3. The highest BCUT2D eigenvalue weighted by Crippen LogP contribution is 2.36. The largest absolute Gasteiger partial charge is 0.309 e. The first-order valence-corrected chi connectivity index (χ1v) is 12.1. The van der Waals surface area contributed by atoms with Crippen molar-refractivity contribution in [3.63, 3.8) is 0 Å². The van der Waals surface area contributed by atoms with Crippen molar-refractivity contribution < 1.29 is 0 Å². The fraction of sp³-hybridized carbons (Fsp3) is 0. The summed E-state index contributed by atoms with van der Waals surface area (Å²) in [4.78, 5) is 10.2. The van der Waals surface area contributed by atoms with E-state index in [-0.39, 0.29) is 0 Å². The summed E-state index contributed by atoms with van der Waals surface area (Å²) in [5.74, 6) is 0. The molecular formula is C32H20N4. The predicted octanol–water partition coefficient (Wildman–Crippen LogP) is 7.80. The van der Waals surface area contributed by atoms with Crippen molar-refractivity contribution in [2.75, 3.05) is 0 Å². The average Bonchev–Trinajstić information content (AvgIpc) is 3.49. The van der Waals surface area contributed by atoms with Gasteiger partial charge < -0.3 is 4.57 Å². The fourth-order valence-corrected chi connectivity index (χ4v) is 5.55. The zero-order chi connectivity index (χ0) is 23.6. The van der Waals surface area contributed by atoms with Crippen LogP contribution in [0.5, 0.6) is 0 Å². The Bertz CT molecular complexity index is 2060. The molecule has 0 fully saturated rings. The average molecular weight is 461 g/mol. The van der Waals surface area contributed by atoms with Crippen LogP contribution in [0.3, 0.4) is 0 Å². The van der Waals surface area contributed by atoms with Gasteiger partial charge in [-0.3, -0.25) is 4.40 Å². The van der Waals surface area contributed by atoms with Crippen LogP contribution in [0.1, 0.15) is 0 Å². The number of aromatic nitrogens is 4. The number of hydrogen-bond acceptors (Lipinski definition) is 2. The van der Waals surface area contributed by atoms with Gasteiger partial charge >= 0.3 is 0 Å². The quantitative estimate of drug-likeness (QED) is 0.264. The van der Waals surface area contributed by atoms with Crippen LogP contribution in [0.2, 0.25) is 0 Å². The Morgan fingerprint density at radius 3 is 2.06 bits per heavy atom. The summed E-state index contributed by atoms with van der Waals surface area (Å²) in [5, 5.41) is 3.58. The van der Waals surface area contributed by atoms with Gasteiger partial charge in [0.2, 0.25) is 0 Å². The van der Waals surface area contributed by atoms with Gasteiger partial charge in [0.15, 0.2) is 0 Å². The van der Waals surface area contributed by atoms with Crippen LogP contribution in [0.4, 0.5) is 0 Å². The van der Waals surface area contributed by atoms with Gasteiger partial charge in [-0.15, -0.1) is 0 Å². The summed E-state index contributed by atoms with van der Waals surface area (Å²) in [6.45, 7) is 0. The normalized spacial score (nSPS) is 11.9. The Hall–Kier alpha value is -4.96. The van der Waals surface area contributed by atoms with E-state index in [1.54, 1.807) is 0 Å². The molecule has 8 aromatic rings. The number of benzene rings is 4. The van der Waals surface area contributed by atoms with E-state index in [4.69, 9.17) is 9.97 Å². The molecular weight excluding hydrogens is 440 g/mol. The molecule has 4 nitrogen and oxygen atoms in total. The molecule has 4 aromatic carbocycles. The van der Waals surface area contributed by atoms with Crippen LogP contribution < -0.4 is 0 Å². The number of hydrogen-bond donors (Lipinski definition) is 0. The van der Waals surface area contributed by atoms with Gasteiger partial charge in [-0.2, -0.15) is 0 Å². The van der Waals surface area contributed by atoms with Crippen LogP contribution in [0, 0.1) is 0 Å². The van der Waals surface area contributed by atoms with Gasteiger partial charge in [-0.25, -0.2) is 9.97 Å². The van der Waals surface area contributed by atoms with Crippen LogP contribution in [0.15, 0.2) is 121 Å². The molecule has 36 heavy (non-hydrogen) atoms. The molecule has 4 aromatic heterocycles. The number of para-hydroxylation sites is 3. The summed E-state index contributed by atoms with van der Waals surface area (Å²) in [5.41, 5.74) is 9.39. The van der Waals surface area contributed by atoms with Crippen molar-refractivity contribution >= 4 is 49.4 Å². The molecule has 0 aliphatic rings. The lowest BCUT2D eigenvalue weighted by Crippen LogP contribution is -1.96. The molecule has 0 saturated heterocycles. The van der Waals surface area contributed by atoms with E-state index in [1.165, 1.54) is 21.8 Å². The van der Waals surface area contributed by atoms with Crippen LogP contribution in [-0.2, 0) is 0 Å². The number of fused-ring (bicyclic) bond motifs is 8. The van der Waals surface area contributed by atoms with Crippen molar-refractivity contribution in [1.82, 2.24) is 18.9 Å². The Morgan fingerprint density at radius 1 is 0.556 bits per heavy atom. The number of pyridine rings is 2. The lowest BCUT2D eigenvalue weighted by molar-refractivity contribution is 1.18. The van der Waals surface area contributed by atoms with Crippen LogP contribution >= 0.6 is 0 Å². The van der Waals surface area contributed by atoms with E-state index in [0.717, 1.165) is 44.5 Å².